The van der Waals surface area contributed by atoms with Crippen molar-refractivity contribution in [3.05, 3.63) is 11.6 Å². The SMILES string of the molecule is CC(=O)O[C@@H]1C=C(C)CC[C@H]1C(C)C. The van der Waals surface area contributed by atoms with Crippen molar-refractivity contribution < 1.29 is 9.53 Å². The minimum Gasteiger partial charge on any atom is -0.458 e. The molecule has 0 aromatic carbocycles. The lowest BCUT2D eigenvalue weighted by Gasteiger charge is -2.31. The summed E-state index contributed by atoms with van der Waals surface area (Å²) < 4.78 is 5.32. The minimum atomic E-state index is -0.174. The van der Waals surface area contributed by atoms with Gasteiger partial charge in [-0.3, -0.25) is 4.79 Å². The molecule has 2 heteroatoms. The molecular formula is C12H20O2. The van der Waals surface area contributed by atoms with E-state index >= 15 is 0 Å². The molecule has 0 aromatic heterocycles. The van der Waals surface area contributed by atoms with Crippen LogP contribution in [-0.4, -0.2) is 12.1 Å². The third kappa shape index (κ3) is 2.86. The van der Waals surface area contributed by atoms with Crippen molar-refractivity contribution in [2.24, 2.45) is 11.8 Å². The van der Waals surface area contributed by atoms with Crippen LogP contribution in [-0.2, 0) is 9.53 Å². The molecule has 0 fully saturated rings. The van der Waals surface area contributed by atoms with E-state index in [0.717, 1.165) is 12.8 Å². The summed E-state index contributed by atoms with van der Waals surface area (Å²) in [5.41, 5.74) is 1.34. The van der Waals surface area contributed by atoms with Crippen molar-refractivity contribution in [1.82, 2.24) is 0 Å². The monoisotopic (exact) mass is 196 g/mol. The van der Waals surface area contributed by atoms with Crippen LogP contribution in [0.1, 0.15) is 40.5 Å². The number of ether oxygens (including phenoxy) is 1. The van der Waals surface area contributed by atoms with Gasteiger partial charge in [-0.2, -0.15) is 0 Å². The number of hydrogen-bond acceptors (Lipinski definition) is 2. The molecule has 0 unspecified atom stereocenters. The van der Waals surface area contributed by atoms with E-state index in [1.54, 1.807) is 0 Å². The average molecular weight is 196 g/mol. The standard InChI is InChI=1S/C12H20O2/c1-8(2)11-6-5-9(3)7-12(11)14-10(4)13/h7-8,11-12H,5-6H2,1-4H3/t11-,12+/m0/s1. The zero-order valence-electron chi connectivity index (χ0n) is 9.54. The van der Waals surface area contributed by atoms with Crippen molar-refractivity contribution in [1.29, 1.82) is 0 Å². The van der Waals surface area contributed by atoms with Gasteiger partial charge in [0.2, 0.25) is 0 Å². The van der Waals surface area contributed by atoms with E-state index in [1.165, 1.54) is 12.5 Å². The zero-order chi connectivity index (χ0) is 10.7. The average Bonchev–Trinajstić information content (AvgIpc) is 2.01. The maximum absolute atomic E-state index is 10.9. The molecule has 0 saturated heterocycles. The highest BCUT2D eigenvalue weighted by Gasteiger charge is 2.28. The van der Waals surface area contributed by atoms with E-state index in [1.807, 2.05) is 0 Å². The Bertz CT molecular complexity index is 241. The Morgan fingerprint density at radius 3 is 2.71 bits per heavy atom. The summed E-state index contributed by atoms with van der Waals surface area (Å²) in [4.78, 5) is 10.9. The second kappa shape index (κ2) is 4.63. The Morgan fingerprint density at radius 2 is 2.21 bits per heavy atom. The largest absolute Gasteiger partial charge is 0.458 e. The van der Waals surface area contributed by atoms with Crippen molar-refractivity contribution in [2.75, 3.05) is 0 Å². The minimum absolute atomic E-state index is 0.00116. The number of hydrogen-bond donors (Lipinski definition) is 0. The first-order valence-corrected chi connectivity index (χ1v) is 5.35. The highest BCUT2D eigenvalue weighted by atomic mass is 16.5. The third-order valence-electron chi connectivity index (χ3n) is 2.90. The van der Waals surface area contributed by atoms with Crippen molar-refractivity contribution in [3.63, 3.8) is 0 Å². The van der Waals surface area contributed by atoms with Gasteiger partial charge in [-0.1, -0.05) is 19.4 Å². The van der Waals surface area contributed by atoms with E-state index < -0.39 is 0 Å². The van der Waals surface area contributed by atoms with E-state index in [4.69, 9.17) is 4.74 Å². The summed E-state index contributed by atoms with van der Waals surface area (Å²) in [6, 6.07) is 0. The van der Waals surface area contributed by atoms with Crippen LogP contribution in [0.15, 0.2) is 11.6 Å². The van der Waals surface area contributed by atoms with Crippen molar-refractivity contribution in [2.45, 2.75) is 46.6 Å². The lowest BCUT2D eigenvalue weighted by Crippen LogP contribution is -2.30. The van der Waals surface area contributed by atoms with Crippen LogP contribution in [0.4, 0.5) is 0 Å². The van der Waals surface area contributed by atoms with Crippen molar-refractivity contribution >= 4 is 5.97 Å². The van der Waals surface area contributed by atoms with Gasteiger partial charge in [-0.05, 0) is 31.8 Å². The smallest absolute Gasteiger partial charge is 0.303 e. The Hall–Kier alpha value is -0.790. The Labute approximate surface area is 86.3 Å². The van der Waals surface area contributed by atoms with Crippen LogP contribution < -0.4 is 0 Å². The van der Waals surface area contributed by atoms with Gasteiger partial charge in [0.15, 0.2) is 0 Å². The number of esters is 1. The number of rotatable bonds is 2. The molecule has 1 aliphatic rings. The molecule has 1 aliphatic carbocycles. The molecule has 0 bridgehead atoms. The highest BCUT2D eigenvalue weighted by Crippen LogP contribution is 2.31. The molecule has 0 aromatic rings. The van der Waals surface area contributed by atoms with Gasteiger partial charge in [0.1, 0.15) is 6.10 Å². The molecule has 0 aliphatic heterocycles. The molecular weight excluding hydrogens is 176 g/mol. The van der Waals surface area contributed by atoms with Crippen LogP contribution in [0.5, 0.6) is 0 Å². The molecule has 0 spiro atoms. The van der Waals surface area contributed by atoms with Gasteiger partial charge in [0.05, 0.1) is 0 Å². The van der Waals surface area contributed by atoms with Crippen LogP contribution in [0.3, 0.4) is 0 Å². The fourth-order valence-corrected chi connectivity index (χ4v) is 2.07. The van der Waals surface area contributed by atoms with E-state index in [9.17, 15) is 4.79 Å². The fourth-order valence-electron chi connectivity index (χ4n) is 2.07. The quantitative estimate of drug-likeness (QED) is 0.501. The maximum Gasteiger partial charge on any atom is 0.303 e. The third-order valence-corrected chi connectivity index (χ3v) is 2.90. The van der Waals surface area contributed by atoms with Crippen LogP contribution in [0.2, 0.25) is 0 Å². The first kappa shape index (κ1) is 11.3. The second-order valence-corrected chi connectivity index (χ2v) is 4.53. The molecule has 0 amide bonds. The van der Waals surface area contributed by atoms with Gasteiger partial charge >= 0.3 is 5.97 Å². The first-order chi connectivity index (χ1) is 6.50. The van der Waals surface area contributed by atoms with E-state index in [-0.39, 0.29) is 12.1 Å². The van der Waals surface area contributed by atoms with Gasteiger partial charge in [-0.25, -0.2) is 0 Å². The lowest BCUT2D eigenvalue weighted by atomic mass is 9.80. The number of carbonyl (C=O) groups is 1. The normalized spacial score (nSPS) is 27.4. The summed E-state index contributed by atoms with van der Waals surface area (Å²) in [5, 5.41) is 0. The predicted octanol–water partition coefficient (Wildman–Crippen LogP) is 2.93. The van der Waals surface area contributed by atoms with Crippen LogP contribution in [0.25, 0.3) is 0 Å². The fraction of sp³-hybridized carbons (Fsp3) is 0.750. The summed E-state index contributed by atoms with van der Waals surface area (Å²) in [6.45, 7) is 7.97. The number of allylic oxidation sites excluding steroid dienone is 1. The lowest BCUT2D eigenvalue weighted by molar-refractivity contribution is -0.147. The first-order valence-electron chi connectivity index (χ1n) is 5.35. The van der Waals surface area contributed by atoms with Gasteiger partial charge in [0.25, 0.3) is 0 Å². The van der Waals surface area contributed by atoms with Gasteiger partial charge in [-0.15, -0.1) is 0 Å². The molecule has 2 atom stereocenters. The van der Waals surface area contributed by atoms with Crippen molar-refractivity contribution in [3.8, 4) is 0 Å². The molecule has 0 heterocycles. The summed E-state index contributed by atoms with van der Waals surface area (Å²) in [5.74, 6) is 0.887. The Morgan fingerprint density at radius 1 is 1.57 bits per heavy atom. The Kier molecular flexibility index (Phi) is 3.73. The summed E-state index contributed by atoms with van der Waals surface area (Å²) in [7, 11) is 0. The van der Waals surface area contributed by atoms with Gasteiger partial charge < -0.3 is 4.74 Å². The molecule has 80 valence electrons. The van der Waals surface area contributed by atoms with Crippen LogP contribution in [0, 0.1) is 11.8 Å². The number of carbonyl (C=O) groups excluding carboxylic acids is 1. The predicted molar refractivity (Wildman–Crippen MR) is 56.9 cm³/mol. The zero-order valence-corrected chi connectivity index (χ0v) is 9.54. The van der Waals surface area contributed by atoms with Gasteiger partial charge in [0, 0.05) is 12.8 Å². The van der Waals surface area contributed by atoms with E-state index in [2.05, 4.69) is 26.8 Å². The Balaban J connectivity index is 2.72. The molecule has 0 N–H and O–H groups in total. The molecule has 0 saturated carbocycles. The highest BCUT2D eigenvalue weighted by molar-refractivity contribution is 5.66. The van der Waals surface area contributed by atoms with E-state index in [0.29, 0.717) is 11.8 Å². The molecule has 14 heavy (non-hydrogen) atoms. The maximum atomic E-state index is 10.9. The molecule has 0 radical (unpaired) electrons. The second-order valence-electron chi connectivity index (χ2n) is 4.53. The topological polar surface area (TPSA) is 26.3 Å². The summed E-state index contributed by atoms with van der Waals surface area (Å²) in [6.07, 6.45) is 4.38. The summed E-state index contributed by atoms with van der Waals surface area (Å²) >= 11 is 0. The molecule has 2 nitrogen and oxygen atoms in total. The molecule has 1 rings (SSSR count). The van der Waals surface area contributed by atoms with Crippen LogP contribution >= 0.6 is 0 Å².